The van der Waals surface area contributed by atoms with Crippen molar-refractivity contribution in [2.75, 3.05) is 19.7 Å². The van der Waals surface area contributed by atoms with Crippen molar-refractivity contribution in [3.8, 4) is 10.4 Å². The second-order valence-corrected chi connectivity index (χ2v) is 8.45. The number of likely N-dealkylation sites (tertiary alicyclic amines) is 1. The van der Waals surface area contributed by atoms with Crippen LogP contribution in [0, 0.1) is 5.41 Å². The third-order valence-electron chi connectivity index (χ3n) is 5.70. The topological polar surface area (TPSA) is 72.6 Å². The number of rotatable bonds is 5. The molecule has 2 N–H and O–H groups in total. The Morgan fingerprint density at radius 2 is 2.07 bits per heavy atom. The van der Waals surface area contributed by atoms with Gasteiger partial charge in [-0.3, -0.25) is 9.59 Å². The zero-order valence-corrected chi connectivity index (χ0v) is 16.0. The van der Waals surface area contributed by atoms with Crippen molar-refractivity contribution in [3.63, 3.8) is 0 Å². The van der Waals surface area contributed by atoms with Crippen LogP contribution in [0.3, 0.4) is 0 Å². The minimum absolute atomic E-state index is 0.00340. The van der Waals surface area contributed by atoms with Crippen molar-refractivity contribution in [2.24, 2.45) is 11.1 Å². The van der Waals surface area contributed by atoms with Crippen LogP contribution >= 0.6 is 11.3 Å². The largest absolute Gasteiger partial charge is 0.369 e. The van der Waals surface area contributed by atoms with Crippen LogP contribution in [0.4, 0.5) is 0 Å². The van der Waals surface area contributed by atoms with Crippen molar-refractivity contribution in [1.82, 2.24) is 4.90 Å². The van der Waals surface area contributed by atoms with Gasteiger partial charge in [-0.2, -0.15) is 0 Å². The maximum absolute atomic E-state index is 12.6. The molecule has 0 saturated carbocycles. The number of amides is 2. The number of nitrogens with two attached hydrogens (primary N) is 1. The molecule has 0 spiro atoms. The van der Waals surface area contributed by atoms with E-state index in [1.165, 1.54) is 10.4 Å². The summed E-state index contributed by atoms with van der Waals surface area (Å²) in [5.41, 5.74) is 7.34. The van der Waals surface area contributed by atoms with Crippen molar-refractivity contribution in [3.05, 3.63) is 47.3 Å². The summed E-state index contributed by atoms with van der Waals surface area (Å²) in [5.74, 6) is -0.323. The van der Waals surface area contributed by atoms with E-state index in [2.05, 4.69) is 35.7 Å². The first-order valence-corrected chi connectivity index (χ1v) is 10.3. The average molecular weight is 385 g/mol. The van der Waals surface area contributed by atoms with Crippen LogP contribution in [-0.4, -0.2) is 42.5 Å². The lowest BCUT2D eigenvalue weighted by Gasteiger charge is -2.27. The molecule has 2 aromatic rings. The van der Waals surface area contributed by atoms with E-state index in [0.717, 1.165) is 18.4 Å². The maximum Gasteiger partial charge on any atom is 0.251 e. The first-order valence-electron chi connectivity index (χ1n) is 9.41. The van der Waals surface area contributed by atoms with E-state index in [1.54, 1.807) is 16.2 Å². The third kappa shape index (κ3) is 3.64. The fourth-order valence-corrected chi connectivity index (χ4v) is 4.82. The molecule has 1 aromatic heterocycles. The number of hydrogen-bond donors (Lipinski definition) is 1. The number of carbonyl (C=O) groups excluding carboxylic acids is 2. The Labute approximate surface area is 163 Å². The van der Waals surface area contributed by atoms with Gasteiger partial charge in [0, 0.05) is 24.6 Å². The van der Waals surface area contributed by atoms with Crippen LogP contribution in [0.2, 0.25) is 0 Å². The van der Waals surface area contributed by atoms with Gasteiger partial charge in [0.25, 0.3) is 5.91 Å². The molecule has 2 saturated heterocycles. The van der Waals surface area contributed by atoms with E-state index in [-0.39, 0.29) is 17.9 Å². The van der Waals surface area contributed by atoms with Crippen molar-refractivity contribution in [1.29, 1.82) is 0 Å². The Balaban J connectivity index is 1.48. The Morgan fingerprint density at radius 1 is 1.26 bits per heavy atom. The van der Waals surface area contributed by atoms with Gasteiger partial charge in [0.1, 0.15) is 6.10 Å². The lowest BCUT2D eigenvalue weighted by atomic mass is 9.80. The third-order valence-corrected chi connectivity index (χ3v) is 6.61. The Kier molecular flexibility index (Phi) is 5.02. The van der Waals surface area contributed by atoms with Crippen molar-refractivity contribution < 1.29 is 14.3 Å². The Morgan fingerprint density at radius 3 is 2.70 bits per heavy atom. The van der Waals surface area contributed by atoms with E-state index >= 15 is 0 Å². The number of benzene rings is 1. The van der Waals surface area contributed by atoms with Gasteiger partial charge in [-0.15, -0.1) is 11.3 Å². The predicted molar refractivity (Wildman–Crippen MR) is 105 cm³/mol. The fourth-order valence-electron chi connectivity index (χ4n) is 4.09. The molecule has 2 atom stereocenters. The fraction of sp³-hybridized carbons (Fsp3) is 0.429. The number of thiophene rings is 1. The van der Waals surface area contributed by atoms with Gasteiger partial charge in [-0.25, -0.2) is 0 Å². The number of carbonyl (C=O) groups is 2. The molecule has 0 bridgehead atoms. The summed E-state index contributed by atoms with van der Waals surface area (Å²) < 4.78 is 5.52. The molecule has 3 heterocycles. The zero-order valence-electron chi connectivity index (χ0n) is 15.2. The molecular weight excluding hydrogens is 360 g/mol. The molecule has 2 aliphatic heterocycles. The molecule has 2 unspecified atom stereocenters. The van der Waals surface area contributed by atoms with E-state index in [4.69, 9.17) is 10.5 Å². The maximum atomic E-state index is 12.6. The summed E-state index contributed by atoms with van der Waals surface area (Å²) in [7, 11) is 0. The van der Waals surface area contributed by atoms with Gasteiger partial charge in [0.05, 0.1) is 5.41 Å². The Hall–Kier alpha value is -2.18. The van der Waals surface area contributed by atoms with Gasteiger partial charge >= 0.3 is 0 Å². The predicted octanol–water partition coefficient (Wildman–Crippen LogP) is 2.84. The number of nitrogens with zero attached hydrogens (tertiary/aromatic N) is 1. The van der Waals surface area contributed by atoms with Crippen LogP contribution in [0.1, 0.15) is 24.8 Å². The van der Waals surface area contributed by atoms with Gasteiger partial charge in [0.2, 0.25) is 5.91 Å². The molecule has 2 amide bonds. The lowest BCUT2D eigenvalue weighted by molar-refractivity contribution is -0.140. The van der Waals surface area contributed by atoms with Crippen LogP contribution in [0.25, 0.3) is 10.4 Å². The van der Waals surface area contributed by atoms with Crippen molar-refractivity contribution >= 4 is 23.2 Å². The molecule has 27 heavy (non-hydrogen) atoms. The van der Waals surface area contributed by atoms with Crippen LogP contribution in [0.15, 0.2) is 41.8 Å². The monoisotopic (exact) mass is 384 g/mol. The summed E-state index contributed by atoms with van der Waals surface area (Å²) in [6.45, 7) is 1.59. The molecule has 2 aliphatic rings. The lowest BCUT2D eigenvalue weighted by Crippen LogP contribution is -2.44. The summed E-state index contributed by atoms with van der Waals surface area (Å²) in [4.78, 5) is 27.9. The number of ether oxygens (including phenoxy) is 1. The second-order valence-electron chi connectivity index (χ2n) is 7.51. The highest BCUT2D eigenvalue weighted by Gasteiger charge is 2.46. The molecule has 1 aromatic carbocycles. The molecule has 2 fully saturated rings. The molecule has 5 nitrogen and oxygen atoms in total. The van der Waals surface area contributed by atoms with E-state index in [9.17, 15) is 9.59 Å². The smallest absolute Gasteiger partial charge is 0.251 e. The van der Waals surface area contributed by atoms with E-state index in [1.807, 2.05) is 6.07 Å². The SMILES string of the molecule is NC(=O)C1(Cc2ccc(-c3cccs3)cc2)CCN(C(=O)C2CCCO2)C1. The van der Waals surface area contributed by atoms with Crippen LogP contribution in [-0.2, 0) is 20.7 Å². The minimum Gasteiger partial charge on any atom is -0.369 e. The molecular formula is C21H24N2O3S. The molecule has 0 radical (unpaired) electrons. The summed E-state index contributed by atoms with van der Waals surface area (Å²) in [5, 5.41) is 2.06. The molecule has 6 heteroatoms. The Bertz CT molecular complexity index is 812. The van der Waals surface area contributed by atoms with Gasteiger partial charge in [-0.05, 0) is 48.3 Å². The van der Waals surface area contributed by atoms with Crippen LogP contribution < -0.4 is 5.73 Å². The standard InChI is InChI=1S/C21H24N2O3S/c22-20(25)21(9-10-23(14-21)19(24)17-3-1-11-26-17)13-15-5-7-16(8-6-15)18-4-2-12-27-18/h2,4-8,12,17H,1,3,9-11,13-14H2,(H2,22,25). The minimum atomic E-state index is -0.696. The highest BCUT2D eigenvalue weighted by molar-refractivity contribution is 7.13. The normalized spacial score (nSPS) is 25.0. The van der Waals surface area contributed by atoms with Gasteiger partial charge < -0.3 is 15.4 Å². The molecule has 0 aliphatic carbocycles. The molecule has 142 valence electrons. The number of primary amides is 1. The second kappa shape index (κ2) is 7.44. The summed E-state index contributed by atoms with van der Waals surface area (Å²) in [6, 6.07) is 12.4. The number of hydrogen-bond acceptors (Lipinski definition) is 4. The van der Waals surface area contributed by atoms with E-state index in [0.29, 0.717) is 32.5 Å². The van der Waals surface area contributed by atoms with Crippen molar-refractivity contribution in [2.45, 2.75) is 31.8 Å². The highest BCUT2D eigenvalue weighted by Crippen LogP contribution is 2.36. The highest BCUT2D eigenvalue weighted by atomic mass is 32.1. The molecule has 4 rings (SSSR count). The van der Waals surface area contributed by atoms with E-state index < -0.39 is 5.41 Å². The summed E-state index contributed by atoms with van der Waals surface area (Å²) >= 11 is 1.70. The van der Waals surface area contributed by atoms with Gasteiger partial charge in [-0.1, -0.05) is 30.3 Å². The summed E-state index contributed by atoms with van der Waals surface area (Å²) in [6.07, 6.45) is 2.50. The quantitative estimate of drug-likeness (QED) is 0.862. The zero-order chi connectivity index (χ0) is 18.9. The first-order chi connectivity index (χ1) is 13.1. The first kappa shape index (κ1) is 18.2. The average Bonchev–Trinajstić information content (AvgIpc) is 3.43. The van der Waals surface area contributed by atoms with Crippen LogP contribution in [0.5, 0.6) is 0 Å². The van der Waals surface area contributed by atoms with Gasteiger partial charge in [0.15, 0.2) is 0 Å².